The molecule has 15 heavy (non-hydrogen) atoms. The van der Waals surface area contributed by atoms with Gasteiger partial charge in [0, 0.05) is 0 Å². The Kier molecular flexibility index (Phi) is 2.76. The van der Waals surface area contributed by atoms with E-state index in [0.717, 1.165) is 18.6 Å². The average molecular weight is 204 g/mol. The SMILES string of the molecule is CCC(C)c1ccc2c(c1)CCC(=O)O2. The van der Waals surface area contributed by atoms with Gasteiger partial charge in [-0.25, -0.2) is 0 Å². The van der Waals surface area contributed by atoms with Gasteiger partial charge in [0.25, 0.3) is 0 Å². The molecule has 0 aromatic heterocycles. The van der Waals surface area contributed by atoms with Gasteiger partial charge in [0.2, 0.25) is 0 Å². The van der Waals surface area contributed by atoms with E-state index in [9.17, 15) is 4.79 Å². The maximum Gasteiger partial charge on any atom is 0.311 e. The summed E-state index contributed by atoms with van der Waals surface area (Å²) in [6.07, 6.45) is 2.47. The Bertz CT molecular complexity index is 382. The van der Waals surface area contributed by atoms with Gasteiger partial charge in [-0.05, 0) is 36.0 Å². The van der Waals surface area contributed by atoms with E-state index in [0.29, 0.717) is 12.3 Å². The van der Waals surface area contributed by atoms with E-state index < -0.39 is 0 Å². The first-order valence-electron chi connectivity index (χ1n) is 5.54. The molecule has 0 bridgehead atoms. The molecular weight excluding hydrogens is 188 g/mol. The first-order valence-corrected chi connectivity index (χ1v) is 5.54. The molecule has 2 heteroatoms. The third kappa shape index (κ3) is 2.04. The second-order valence-corrected chi connectivity index (χ2v) is 4.15. The van der Waals surface area contributed by atoms with Gasteiger partial charge in [-0.3, -0.25) is 4.79 Å². The fourth-order valence-corrected chi connectivity index (χ4v) is 1.85. The topological polar surface area (TPSA) is 26.3 Å². The third-order valence-electron chi connectivity index (χ3n) is 3.09. The van der Waals surface area contributed by atoms with Crippen LogP contribution in [0.15, 0.2) is 18.2 Å². The Morgan fingerprint density at radius 2 is 2.20 bits per heavy atom. The summed E-state index contributed by atoms with van der Waals surface area (Å²) in [4.78, 5) is 11.1. The van der Waals surface area contributed by atoms with Gasteiger partial charge >= 0.3 is 5.97 Å². The molecule has 0 saturated heterocycles. The van der Waals surface area contributed by atoms with Crippen molar-refractivity contribution in [1.82, 2.24) is 0 Å². The van der Waals surface area contributed by atoms with Crippen LogP contribution in [0.3, 0.4) is 0 Å². The second-order valence-electron chi connectivity index (χ2n) is 4.15. The average Bonchev–Trinajstić information content (AvgIpc) is 2.27. The van der Waals surface area contributed by atoms with Gasteiger partial charge in [-0.1, -0.05) is 26.0 Å². The monoisotopic (exact) mass is 204 g/mol. The number of hydrogen-bond acceptors (Lipinski definition) is 2. The van der Waals surface area contributed by atoms with Crippen LogP contribution in [0.4, 0.5) is 0 Å². The van der Waals surface area contributed by atoms with Crippen LogP contribution in [0.2, 0.25) is 0 Å². The smallest absolute Gasteiger partial charge is 0.311 e. The standard InChI is InChI=1S/C13H16O2/c1-3-9(2)10-4-6-12-11(8-10)5-7-13(14)15-12/h4,6,8-9H,3,5,7H2,1-2H3. The molecule has 2 nitrogen and oxygen atoms in total. The first-order chi connectivity index (χ1) is 7.20. The van der Waals surface area contributed by atoms with Crippen LogP contribution >= 0.6 is 0 Å². The Labute approximate surface area is 90.3 Å². The zero-order valence-electron chi connectivity index (χ0n) is 9.25. The van der Waals surface area contributed by atoms with Crippen molar-refractivity contribution in [3.8, 4) is 5.75 Å². The molecule has 80 valence electrons. The highest BCUT2D eigenvalue weighted by Gasteiger charge is 2.17. The number of benzene rings is 1. The summed E-state index contributed by atoms with van der Waals surface area (Å²) in [5, 5.41) is 0. The van der Waals surface area contributed by atoms with Gasteiger partial charge in [0.15, 0.2) is 0 Å². The Morgan fingerprint density at radius 3 is 2.93 bits per heavy atom. The predicted octanol–water partition coefficient (Wildman–Crippen LogP) is 3.05. The molecule has 1 unspecified atom stereocenters. The highest BCUT2D eigenvalue weighted by molar-refractivity contribution is 5.75. The molecular formula is C13H16O2. The van der Waals surface area contributed by atoms with Crippen molar-refractivity contribution < 1.29 is 9.53 Å². The van der Waals surface area contributed by atoms with Crippen molar-refractivity contribution in [1.29, 1.82) is 0 Å². The molecule has 1 aliphatic rings. The predicted molar refractivity (Wildman–Crippen MR) is 59.1 cm³/mol. The number of rotatable bonds is 2. The molecule has 0 saturated carbocycles. The Hall–Kier alpha value is -1.31. The van der Waals surface area contributed by atoms with E-state index in [1.165, 1.54) is 11.1 Å². The molecule has 1 aromatic carbocycles. The van der Waals surface area contributed by atoms with Crippen molar-refractivity contribution >= 4 is 5.97 Å². The van der Waals surface area contributed by atoms with Crippen LogP contribution in [-0.4, -0.2) is 5.97 Å². The largest absolute Gasteiger partial charge is 0.426 e. The van der Waals surface area contributed by atoms with Gasteiger partial charge in [-0.15, -0.1) is 0 Å². The van der Waals surface area contributed by atoms with Gasteiger partial charge in [0.05, 0.1) is 6.42 Å². The van der Waals surface area contributed by atoms with Gasteiger partial charge < -0.3 is 4.74 Å². The van der Waals surface area contributed by atoms with Crippen molar-refractivity contribution in [3.05, 3.63) is 29.3 Å². The molecule has 1 heterocycles. The molecule has 0 amide bonds. The normalized spacial score (nSPS) is 16.8. The number of carbonyl (C=O) groups excluding carboxylic acids is 1. The fraction of sp³-hybridized carbons (Fsp3) is 0.462. The molecule has 1 atom stereocenters. The minimum atomic E-state index is -0.112. The molecule has 2 rings (SSSR count). The highest BCUT2D eigenvalue weighted by Crippen LogP contribution is 2.29. The summed E-state index contributed by atoms with van der Waals surface area (Å²) in [5.41, 5.74) is 2.52. The highest BCUT2D eigenvalue weighted by atomic mass is 16.5. The fourth-order valence-electron chi connectivity index (χ4n) is 1.85. The van der Waals surface area contributed by atoms with Crippen LogP contribution in [-0.2, 0) is 11.2 Å². The molecule has 0 N–H and O–H groups in total. The third-order valence-corrected chi connectivity index (χ3v) is 3.09. The maximum atomic E-state index is 11.1. The van der Waals surface area contributed by atoms with E-state index >= 15 is 0 Å². The Balaban J connectivity index is 2.30. The number of esters is 1. The number of fused-ring (bicyclic) bond motifs is 1. The Morgan fingerprint density at radius 1 is 1.40 bits per heavy atom. The number of hydrogen-bond donors (Lipinski definition) is 0. The maximum absolute atomic E-state index is 11.1. The van der Waals surface area contributed by atoms with E-state index in [4.69, 9.17) is 4.74 Å². The number of aryl methyl sites for hydroxylation is 1. The van der Waals surface area contributed by atoms with E-state index in [2.05, 4.69) is 26.0 Å². The van der Waals surface area contributed by atoms with Crippen LogP contribution in [0.25, 0.3) is 0 Å². The molecule has 0 radical (unpaired) electrons. The number of ether oxygens (including phenoxy) is 1. The number of carbonyl (C=O) groups is 1. The van der Waals surface area contributed by atoms with E-state index in [-0.39, 0.29) is 5.97 Å². The minimum Gasteiger partial charge on any atom is -0.426 e. The second kappa shape index (κ2) is 4.05. The summed E-state index contributed by atoms with van der Waals surface area (Å²) in [5.74, 6) is 1.21. The van der Waals surface area contributed by atoms with Crippen molar-refractivity contribution in [2.45, 2.75) is 39.0 Å². The van der Waals surface area contributed by atoms with Crippen molar-refractivity contribution in [2.24, 2.45) is 0 Å². The van der Waals surface area contributed by atoms with Crippen molar-refractivity contribution in [3.63, 3.8) is 0 Å². The zero-order chi connectivity index (χ0) is 10.8. The minimum absolute atomic E-state index is 0.112. The van der Waals surface area contributed by atoms with Crippen LogP contribution in [0.1, 0.15) is 43.7 Å². The van der Waals surface area contributed by atoms with E-state index in [1.54, 1.807) is 0 Å². The molecule has 1 aromatic rings. The lowest BCUT2D eigenvalue weighted by atomic mass is 9.94. The lowest BCUT2D eigenvalue weighted by Crippen LogP contribution is -2.15. The molecule has 0 aliphatic carbocycles. The van der Waals surface area contributed by atoms with Crippen molar-refractivity contribution in [2.75, 3.05) is 0 Å². The van der Waals surface area contributed by atoms with Gasteiger partial charge in [0.1, 0.15) is 5.75 Å². The van der Waals surface area contributed by atoms with Crippen LogP contribution in [0.5, 0.6) is 5.75 Å². The summed E-state index contributed by atoms with van der Waals surface area (Å²) < 4.78 is 5.16. The first kappa shape index (κ1) is 10.2. The molecule has 1 aliphatic heterocycles. The molecule has 0 fully saturated rings. The summed E-state index contributed by atoms with van der Waals surface area (Å²) in [6.45, 7) is 4.40. The lowest BCUT2D eigenvalue weighted by molar-refractivity contribution is -0.135. The lowest BCUT2D eigenvalue weighted by Gasteiger charge is -2.18. The van der Waals surface area contributed by atoms with E-state index in [1.807, 2.05) is 6.07 Å². The summed E-state index contributed by atoms with van der Waals surface area (Å²) >= 11 is 0. The van der Waals surface area contributed by atoms with Crippen LogP contribution in [0, 0.1) is 0 Å². The quantitative estimate of drug-likeness (QED) is 0.546. The van der Waals surface area contributed by atoms with Crippen LogP contribution < -0.4 is 4.74 Å². The molecule has 0 spiro atoms. The summed E-state index contributed by atoms with van der Waals surface area (Å²) in [7, 11) is 0. The van der Waals surface area contributed by atoms with Gasteiger partial charge in [-0.2, -0.15) is 0 Å². The zero-order valence-corrected chi connectivity index (χ0v) is 9.25. The summed E-state index contributed by atoms with van der Waals surface area (Å²) in [6, 6.07) is 6.16.